The number of carbonyl (C=O) groups is 2. The maximum absolute atomic E-state index is 12.8. The Labute approximate surface area is 173 Å². The summed E-state index contributed by atoms with van der Waals surface area (Å²) < 4.78 is 5.40. The van der Waals surface area contributed by atoms with E-state index in [4.69, 9.17) is 4.74 Å². The molecule has 154 valence electrons. The second-order valence-electron chi connectivity index (χ2n) is 7.21. The summed E-state index contributed by atoms with van der Waals surface area (Å²) in [4.78, 5) is 37.8. The second kappa shape index (κ2) is 7.98. The normalized spacial score (nSPS) is 20.2. The third kappa shape index (κ3) is 3.52. The lowest BCUT2D eigenvalue weighted by Gasteiger charge is -2.16. The van der Waals surface area contributed by atoms with Gasteiger partial charge in [-0.15, -0.1) is 0 Å². The van der Waals surface area contributed by atoms with Gasteiger partial charge < -0.3 is 10.1 Å². The average Bonchev–Trinajstić information content (AvgIpc) is 3.00. The number of nitro groups is 1. The number of fused-ring (bicyclic) bond motifs is 1. The van der Waals surface area contributed by atoms with Crippen LogP contribution in [0, 0.1) is 22.0 Å². The van der Waals surface area contributed by atoms with Crippen LogP contribution in [-0.4, -0.2) is 23.3 Å². The molecule has 30 heavy (non-hydrogen) atoms. The van der Waals surface area contributed by atoms with Crippen molar-refractivity contribution in [3.05, 3.63) is 64.7 Å². The van der Waals surface area contributed by atoms with Crippen LogP contribution in [0.2, 0.25) is 0 Å². The van der Waals surface area contributed by atoms with E-state index in [1.165, 1.54) is 12.1 Å². The lowest BCUT2D eigenvalue weighted by atomic mass is 9.85. The van der Waals surface area contributed by atoms with Gasteiger partial charge in [0.2, 0.25) is 11.8 Å². The number of imide groups is 1. The number of amides is 2. The van der Waals surface area contributed by atoms with E-state index in [2.05, 4.69) is 5.32 Å². The molecule has 2 aromatic rings. The van der Waals surface area contributed by atoms with Gasteiger partial charge in [-0.1, -0.05) is 12.2 Å². The minimum Gasteiger partial charge on any atom is -0.494 e. The molecule has 2 amide bonds. The molecule has 1 heterocycles. The summed E-state index contributed by atoms with van der Waals surface area (Å²) in [6.45, 7) is 2.43. The molecular weight excluding hydrogens is 386 g/mol. The minimum atomic E-state index is -0.528. The molecule has 8 heteroatoms. The summed E-state index contributed by atoms with van der Waals surface area (Å²) in [6.07, 6.45) is 4.85. The highest BCUT2D eigenvalue weighted by Crippen LogP contribution is 2.40. The number of anilines is 3. The fourth-order valence-electron chi connectivity index (χ4n) is 3.93. The first-order valence-electron chi connectivity index (χ1n) is 9.80. The Kier molecular flexibility index (Phi) is 5.22. The zero-order valence-electron chi connectivity index (χ0n) is 16.4. The summed E-state index contributed by atoms with van der Waals surface area (Å²) >= 11 is 0. The van der Waals surface area contributed by atoms with Crippen LogP contribution in [0.4, 0.5) is 22.7 Å². The maximum atomic E-state index is 12.8. The van der Waals surface area contributed by atoms with Gasteiger partial charge in [0.1, 0.15) is 11.4 Å². The van der Waals surface area contributed by atoms with E-state index in [9.17, 15) is 19.7 Å². The monoisotopic (exact) mass is 407 g/mol. The van der Waals surface area contributed by atoms with Gasteiger partial charge in [0.25, 0.3) is 5.69 Å². The lowest BCUT2D eigenvalue weighted by Crippen LogP contribution is -2.30. The number of benzene rings is 2. The maximum Gasteiger partial charge on any atom is 0.294 e. The number of nitro benzene ring substituents is 1. The molecule has 0 aromatic heterocycles. The topological polar surface area (TPSA) is 102 Å². The summed E-state index contributed by atoms with van der Waals surface area (Å²) in [5.74, 6) is -0.659. The van der Waals surface area contributed by atoms with Gasteiger partial charge in [0.05, 0.1) is 29.1 Å². The van der Waals surface area contributed by atoms with Crippen molar-refractivity contribution in [1.82, 2.24) is 0 Å². The molecule has 1 aliphatic carbocycles. The van der Waals surface area contributed by atoms with Gasteiger partial charge in [-0.3, -0.25) is 19.7 Å². The zero-order valence-corrected chi connectivity index (χ0v) is 16.4. The summed E-state index contributed by atoms with van der Waals surface area (Å²) in [6, 6.07) is 11.4. The van der Waals surface area contributed by atoms with Crippen molar-refractivity contribution in [2.45, 2.75) is 19.8 Å². The molecule has 0 unspecified atom stereocenters. The smallest absolute Gasteiger partial charge is 0.294 e. The van der Waals surface area contributed by atoms with E-state index in [0.717, 1.165) is 4.90 Å². The van der Waals surface area contributed by atoms with E-state index >= 15 is 0 Å². The van der Waals surface area contributed by atoms with E-state index in [0.29, 0.717) is 30.9 Å². The van der Waals surface area contributed by atoms with Crippen molar-refractivity contribution in [2.24, 2.45) is 11.8 Å². The zero-order chi connectivity index (χ0) is 21.3. The molecular formula is C22H21N3O5. The predicted octanol–water partition coefficient (Wildman–Crippen LogP) is 4.19. The fraction of sp³-hybridized carbons (Fsp3) is 0.273. The molecule has 1 N–H and O–H groups in total. The molecule has 2 aromatic carbocycles. The highest BCUT2D eigenvalue weighted by molar-refractivity contribution is 6.22. The van der Waals surface area contributed by atoms with Gasteiger partial charge >= 0.3 is 0 Å². The van der Waals surface area contributed by atoms with Crippen molar-refractivity contribution in [3.8, 4) is 5.75 Å². The van der Waals surface area contributed by atoms with E-state index in [1.807, 2.05) is 19.1 Å². The number of nitrogens with zero attached hydrogens (tertiary/aromatic N) is 2. The minimum absolute atomic E-state index is 0.213. The number of nitrogens with one attached hydrogen (secondary N) is 1. The van der Waals surface area contributed by atoms with Crippen LogP contribution in [0.3, 0.4) is 0 Å². The largest absolute Gasteiger partial charge is 0.494 e. The van der Waals surface area contributed by atoms with Crippen molar-refractivity contribution >= 4 is 34.6 Å². The van der Waals surface area contributed by atoms with Crippen LogP contribution < -0.4 is 15.0 Å². The van der Waals surface area contributed by atoms with E-state index < -0.39 is 4.92 Å². The first kappa shape index (κ1) is 19.6. The van der Waals surface area contributed by atoms with Gasteiger partial charge in [0.15, 0.2) is 0 Å². The van der Waals surface area contributed by atoms with Crippen molar-refractivity contribution in [2.75, 3.05) is 16.8 Å². The standard InChI is InChI=1S/C22H21N3O5/c1-2-30-16-10-7-14(8-11-16)23-19-12-9-15(13-20(19)25(28)29)24-21(26)17-5-3-4-6-18(17)22(24)27/h3-4,7-13,17-18,23H,2,5-6H2,1H3/t17-,18-/m0/s1. The number of hydrogen-bond acceptors (Lipinski definition) is 6. The Balaban J connectivity index is 1.62. The molecule has 2 aliphatic rings. The Morgan fingerprint density at radius 3 is 2.27 bits per heavy atom. The number of carbonyl (C=O) groups excluding carboxylic acids is 2. The van der Waals surface area contributed by atoms with Crippen LogP contribution in [-0.2, 0) is 9.59 Å². The van der Waals surface area contributed by atoms with Crippen molar-refractivity contribution in [3.63, 3.8) is 0 Å². The van der Waals surface area contributed by atoms with Crippen LogP contribution in [0.15, 0.2) is 54.6 Å². The highest BCUT2D eigenvalue weighted by atomic mass is 16.6. The van der Waals surface area contributed by atoms with Crippen LogP contribution in [0.5, 0.6) is 5.75 Å². The molecule has 1 aliphatic heterocycles. The molecule has 0 radical (unpaired) electrons. The Bertz CT molecular complexity index is 1010. The van der Waals surface area contributed by atoms with Gasteiger partial charge in [-0.25, -0.2) is 4.90 Å². The van der Waals surface area contributed by atoms with Crippen molar-refractivity contribution < 1.29 is 19.2 Å². The summed E-state index contributed by atoms with van der Waals surface area (Å²) in [5.41, 5.74) is 0.934. The predicted molar refractivity (Wildman–Crippen MR) is 112 cm³/mol. The SMILES string of the molecule is CCOc1ccc(Nc2ccc(N3C(=O)[C@H]4CC=CC[C@@H]4C3=O)cc2[N+](=O)[O-])cc1. The second-order valence-corrected chi connectivity index (χ2v) is 7.21. The average molecular weight is 407 g/mol. The molecule has 8 nitrogen and oxygen atoms in total. The van der Waals surface area contributed by atoms with E-state index in [1.54, 1.807) is 30.3 Å². The number of hydrogen-bond donors (Lipinski definition) is 1. The van der Waals surface area contributed by atoms with Gasteiger partial charge in [0, 0.05) is 11.8 Å². The Morgan fingerprint density at radius 1 is 1.07 bits per heavy atom. The molecule has 0 spiro atoms. The summed E-state index contributed by atoms with van der Waals surface area (Å²) in [5, 5.41) is 14.7. The number of ether oxygens (including phenoxy) is 1. The molecule has 0 bridgehead atoms. The van der Waals surface area contributed by atoms with Crippen LogP contribution in [0.1, 0.15) is 19.8 Å². The molecule has 4 rings (SSSR count). The molecule has 1 fully saturated rings. The van der Waals surface area contributed by atoms with E-state index in [-0.39, 0.29) is 40.7 Å². The lowest BCUT2D eigenvalue weighted by molar-refractivity contribution is -0.383. The molecule has 2 atom stereocenters. The van der Waals surface area contributed by atoms with Crippen LogP contribution in [0.25, 0.3) is 0 Å². The summed E-state index contributed by atoms with van der Waals surface area (Å²) in [7, 11) is 0. The Hall–Kier alpha value is -3.68. The Morgan fingerprint density at radius 2 is 1.70 bits per heavy atom. The fourth-order valence-corrected chi connectivity index (χ4v) is 3.93. The molecule has 0 saturated carbocycles. The quantitative estimate of drug-likeness (QED) is 0.333. The highest BCUT2D eigenvalue weighted by Gasteiger charge is 2.48. The van der Waals surface area contributed by atoms with Gasteiger partial charge in [-0.05, 0) is 56.2 Å². The first-order chi connectivity index (χ1) is 14.5. The van der Waals surface area contributed by atoms with Crippen molar-refractivity contribution in [1.29, 1.82) is 0 Å². The van der Waals surface area contributed by atoms with Gasteiger partial charge in [-0.2, -0.15) is 0 Å². The number of rotatable bonds is 6. The van der Waals surface area contributed by atoms with Crippen LogP contribution >= 0.6 is 0 Å². The number of allylic oxidation sites excluding steroid dienone is 2. The molecule has 1 saturated heterocycles. The third-order valence-corrected chi connectivity index (χ3v) is 5.39. The third-order valence-electron chi connectivity index (χ3n) is 5.39. The first-order valence-corrected chi connectivity index (χ1v) is 9.80.